The summed E-state index contributed by atoms with van der Waals surface area (Å²) < 4.78 is 0. The number of anilines is 3. The zero-order valence-corrected chi connectivity index (χ0v) is 18.0. The van der Waals surface area contributed by atoms with Gasteiger partial charge in [-0.05, 0) is 62.2 Å². The minimum Gasteiger partial charge on any atom is -0.371 e. The summed E-state index contributed by atoms with van der Waals surface area (Å²) >= 11 is 5.35. The second-order valence-corrected chi connectivity index (χ2v) is 8.21. The van der Waals surface area contributed by atoms with Crippen LogP contribution in [0.3, 0.4) is 0 Å². The van der Waals surface area contributed by atoms with Crippen LogP contribution in [0.25, 0.3) is 0 Å². The van der Waals surface area contributed by atoms with Crippen molar-refractivity contribution in [2.75, 3.05) is 41.3 Å². The number of thiocarbonyl (C=S) groups is 1. The van der Waals surface area contributed by atoms with Gasteiger partial charge in [-0.15, -0.1) is 0 Å². The van der Waals surface area contributed by atoms with Crippen molar-refractivity contribution in [2.45, 2.75) is 25.7 Å². The van der Waals surface area contributed by atoms with Crippen LogP contribution in [0.2, 0.25) is 0 Å². The van der Waals surface area contributed by atoms with E-state index in [0.29, 0.717) is 5.69 Å². The summed E-state index contributed by atoms with van der Waals surface area (Å²) in [4.78, 5) is 28.1. The first-order valence-corrected chi connectivity index (χ1v) is 10.9. The molecule has 0 aliphatic carbocycles. The normalized spacial score (nSPS) is 15.7. The van der Waals surface area contributed by atoms with Gasteiger partial charge in [0.2, 0.25) is 0 Å². The van der Waals surface area contributed by atoms with E-state index < -0.39 is 10.8 Å². The summed E-state index contributed by atoms with van der Waals surface area (Å²) in [6, 6.07) is 12.3. The van der Waals surface area contributed by atoms with Crippen molar-refractivity contribution in [1.29, 1.82) is 0 Å². The van der Waals surface area contributed by atoms with Crippen molar-refractivity contribution in [2.24, 2.45) is 0 Å². The summed E-state index contributed by atoms with van der Waals surface area (Å²) in [7, 11) is 0. The Morgan fingerprint density at radius 3 is 2.32 bits per heavy atom. The van der Waals surface area contributed by atoms with Crippen LogP contribution < -0.4 is 20.4 Å². The molecule has 0 aromatic heterocycles. The van der Waals surface area contributed by atoms with Crippen LogP contribution in [0, 0.1) is 10.1 Å². The topological polar surface area (TPSA) is 90.8 Å². The first-order chi connectivity index (χ1) is 15.0. The lowest BCUT2D eigenvalue weighted by atomic mass is 10.1. The number of amides is 1. The molecular formula is C22H25N5O3S. The number of carbonyl (C=O) groups excluding carboxylic acids is 1. The molecule has 2 saturated heterocycles. The largest absolute Gasteiger partial charge is 0.371 e. The average molecular weight is 440 g/mol. The van der Waals surface area contributed by atoms with Gasteiger partial charge in [0.25, 0.3) is 11.6 Å². The highest BCUT2D eigenvalue weighted by atomic mass is 32.1. The van der Waals surface area contributed by atoms with E-state index in [1.54, 1.807) is 6.07 Å². The number of carbonyl (C=O) groups is 1. The highest BCUT2D eigenvalue weighted by molar-refractivity contribution is 7.80. The Hall–Kier alpha value is -3.20. The highest BCUT2D eigenvalue weighted by Gasteiger charge is 2.23. The Morgan fingerprint density at radius 2 is 1.65 bits per heavy atom. The lowest BCUT2D eigenvalue weighted by molar-refractivity contribution is -0.384. The van der Waals surface area contributed by atoms with Crippen LogP contribution in [-0.4, -0.2) is 42.1 Å². The quantitative estimate of drug-likeness (QED) is 0.414. The zero-order valence-electron chi connectivity index (χ0n) is 17.2. The maximum Gasteiger partial charge on any atom is 0.270 e. The molecule has 2 aliphatic heterocycles. The first-order valence-electron chi connectivity index (χ1n) is 10.5. The molecule has 0 unspecified atom stereocenters. The molecule has 9 heteroatoms. The fourth-order valence-electron chi connectivity index (χ4n) is 4.14. The van der Waals surface area contributed by atoms with E-state index in [1.165, 1.54) is 25.0 Å². The van der Waals surface area contributed by atoms with Gasteiger partial charge in [-0.25, -0.2) is 0 Å². The molecule has 0 atom stereocenters. The van der Waals surface area contributed by atoms with E-state index in [4.69, 9.17) is 12.2 Å². The number of hydrogen-bond donors (Lipinski definition) is 2. The van der Waals surface area contributed by atoms with Crippen molar-refractivity contribution in [3.05, 3.63) is 58.1 Å². The average Bonchev–Trinajstić information content (AvgIpc) is 3.47. The van der Waals surface area contributed by atoms with E-state index in [9.17, 15) is 14.9 Å². The Morgan fingerprint density at radius 1 is 0.968 bits per heavy atom. The van der Waals surface area contributed by atoms with Gasteiger partial charge in [-0.3, -0.25) is 20.2 Å². The van der Waals surface area contributed by atoms with E-state index in [0.717, 1.165) is 50.4 Å². The van der Waals surface area contributed by atoms with E-state index >= 15 is 0 Å². The van der Waals surface area contributed by atoms with Gasteiger partial charge in [0.1, 0.15) is 0 Å². The number of benzene rings is 2. The molecule has 1 amide bonds. The molecule has 2 aliphatic rings. The molecule has 2 aromatic rings. The van der Waals surface area contributed by atoms with Crippen LogP contribution >= 0.6 is 12.2 Å². The summed E-state index contributed by atoms with van der Waals surface area (Å²) in [6.45, 7) is 3.72. The molecule has 0 spiro atoms. The van der Waals surface area contributed by atoms with Gasteiger partial charge in [0, 0.05) is 49.7 Å². The van der Waals surface area contributed by atoms with E-state index in [2.05, 4.69) is 26.5 Å². The number of nitro groups is 1. The third kappa shape index (κ3) is 4.93. The number of non-ortho nitro benzene ring substituents is 1. The lowest BCUT2D eigenvalue weighted by Crippen LogP contribution is -2.35. The number of rotatable bonds is 5. The van der Waals surface area contributed by atoms with Crippen molar-refractivity contribution >= 4 is 46.0 Å². The monoisotopic (exact) mass is 439 g/mol. The summed E-state index contributed by atoms with van der Waals surface area (Å²) in [5.41, 5.74) is 2.73. The van der Waals surface area contributed by atoms with E-state index in [-0.39, 0.29) is 16.4 Å². The molecular weight excluding hydrogens is 414 g/mol. The van der Waals surface area contributed by atoms with Crippen LogP contribution in [0.1, 0.15) is 36.0 Å². The van der Waals surface area contributed by atoms with Crippen LogP contribution in [0.15, 0.2) is 42.5 Å². The molecule has 4 rings (SSSR count). The first kappa shape index (κ1) is 21.0. The van der Waals surface area contributed by atoms with Gasteiger partial charge in [0.05, 0.1) is 16.2 Å². The van der Waals surface area contributed by atoms with Crippen LogP contribution in [0.4, 0.5) is 22.7 Å². The number of nitro benzene ring substituents is 1. The molecule has 2 fully saturated rings. The lowest BCUT2D eigenvalue weighted by Gasteiger charge is -2.21. The molecule has 31 heavy (non-hydrogen) atoms. The Labute approximate surface area is 186 Å². The molecule has 162 valence electrons. The number of nitrogens with one attached hydrogen (secondary N) is 2. The predicted octanol–water partition coefficient (Wildman–Crippen LogP) is 3.92. The van der Waals surface area contributed by atoms with Gasteiger partial charge in [0.15, 0.2) is 5.11 Å². The van der Waals surface area contributed by atoms with Crippen molar-refractivity contribution in [1.82, 2.24) is 5.32 Å². The molecule has 2 heterocycles. The number of hydrogen-bond acceptors (Lipinski definition) is 6. The maximum absolute atomic E-state index is 13.0. The molecule has 2 N–H and O–H groups in total. The summed E-state index contributed by atoms with van der Waals surface area (Å²) in [5.74, 6) is -0.459. The fraction of sp³-hybridized carbons (Fsp3) is 0.364. The molecule has 0 radical (unpaired) electrons. The van der Waals surface area contributed by atoms with Crippen LogP contribution in [-0.2, 0) is 0 Å². The SMILES string of the molecule is O=C(NC(=S)Nc1cccc(N2CCCC2)c1)c1cc([N+](=O)[O-])ccc1N1CCCC1. The van der Waals surface area contributed by atoms with Gasteiger partial charge in [-0.2, -0.15) is 0 Å². The second kappa shape index (κ2) is 9.30. The Bertz CT molecular complexity index is 1000. The zero-order chi connectivity index (χ0) is 21.8. The van der Waals surface area contributed by atoms with Crippen molar-refractivity contribution in [3.63, 3.8) is 0 Å². The third-order valence-electron chi connectivity index (χ3n) is 5.68. The predicted molar refractivity (Wildman–Crippen MR) is 126 cm³/mol. The van der Waals surface area contributed by atoms with Gasteiger partial charge < -0.3 is 15.1 Å². The third-order valence-corrected chi connectivity index (χ3v) is 5.89. The summed E-state index contributed by atoms with van der Waals surface area (Å²) in [5, 5.41) is 17.1. The molecule has 0 bridgehead atoms. The molecule has 8 nitrogen and oxygen atoms in total. The van der Waals surface area contributed by atoms with Crippen molar-refractivity contribution in [3.8, 4) is 0 Å². The second-order valence-electron chi connectivity index (χ2n) is 7.81. The standard InChI is InChI=1S/C22H25N5O3S/c28-21(19-15-18(27(29)30)8-9-20(19)26-12-3-4-13-26)24-22(31)23-16-6-5-7-17(14-16)25-10-1-2-11-25/h5-9,14-15H,1-4,10-13H2,(H2,23,24,28,31). The molecule has 2 aromatic carbocycles. The minimum atomic E-state index is -0.495. The van der Waals surface area contributed by atoms with Gasteiger partial charge >= 0.3 is 0 Å². The Kier molecular flexibility index (Phi) is 6.31. The molecule has 0 saturated carbocycles. The number of nitrogens with zero attached hydrogens (tertiary/aromatic N) is 3. The summed E-state index contributed by atoms with van der Waals surface area (Å²) in [6.07, 6.45) is 4.44. The minimum absolute atomic E-state index is 0.120. The van der Waals surface area contributed by atoms with Gasteiger partial charge in [-0.1, -0.05) is 6.07 Å². The maximum atomic E-state index is 13.0. The van der Waals surface area contributed by atoms with E-state index in [1.807, 2.05) is 18.2 Å². The smallest absolute Gasteiger partial charge is 0.270 e. The highest BCUT2D eigenvalue weighted by Crippen LogP contribution is 2.28. The van der Waals surface area contributed by atoms with Crippen LogP contribution in [0.5, 0.6) is 0 Å². The fourth-order valence-corrected chi connectivity index (χ4v) is 4.35. The van der Waals surface area contributed by atoms with Crippen molar-refractivity contribution < 1.29 is 9.72 Å². The Balaban J connectivity index is 1.48.